The Morgan fingerprint density at radius 1 is 1.24 bits per heavy atom. The van der Waals surface area contributed by atoms with E-state index in [0.29, 0.717) is 18.4 Å². The molecule has 1 atom stereocenters. The van der Waals surface area contributed by atoms with Gasteiger partial charge in [0.1, 0.15) is 5.82 Å². The van der Waals surface area contributed by atoms with Crippen molar-refractivity contribution in [3.8, 4) is 0 Å². The quantitative estimate of drug-likeness (QED) is 0.761. The molecule has 0 fully saturated rings. The van der Waals surface area contributed by atoms with Gasteiger partial charge in [-0.25, -0.2) is 4.98 Å². The summed E-state index contributed by atoms with van der Waals surface area (Å²) in [5, 5.41) is 6.45. The van der Waals surface area contributed by atoms with Crippen molar-refractivity contribution in [2.45, 2.75) is 26.8 Å². The van der Waals surface area contributed by atoms with Crippen LogP contribution in [0.3, 0.4) is 0 Å². The molecule has 0 spiro atoms. The summed E-state index contributed by atoms with van der Waals surface area (Å²) in [5.41, 5.74) is 8.23. The van der Waals surface area contributed by atoms with Crippen molar-refractivity contribution in [1.29, 1.82) is 0 Å². The van der Waals surface area contributed by atoms with E-state index >= 15 is 0 Å². The first-order valence-electron chi connectivity index (χ1n) is 7.21. The molecule has 0 saturated carbocycles. The molecule has 0 aliphatic rings. The first-order valence-corrected chi connectivity index (χ1v) is 7.21. The van der Waals surface area contributed by atoms with E-state index in [1.54, 1.807) is 6.20 Å². The molecule has 0 amide bonds. The predicted molar refractivity (Wildman–Crippen MR) is 87.8 cm³/mol. The van der Waals surface area contributed by atoms with Crippen LogP contribution in [0, 0.1) is 12.8 Å². The molecule has 1 aromatic heterocycles. The minimum atomic E-state index is 0.0852. The summed E-state index contributed by atoms with van der Waals surface area (Å²) in [7, 11) is 0. The summed E-state index contributed by atoms with van der Waals surface area (Å²) in [6, 6.07) is 10.1. The second-order valence-corrected chi connectivity index (χ2v) is 5.55. The lowest BCUT2D eigenvalue weighted by Gasteiger charge is -2.16. The Morgan fingerprint density at radius 2 is 2.05 bits per heavy atom. The topological polar surface area (TPSA) is 75.9 Å². The van der Waals surface area contributed by atoms with Crippen LogP contribution in [-0.2, 0) is 0 Å². The molecular formula is C16H23N5. The van der Waals surface area contributed by atoms with Gasteiger partial charge in [-0.05, 0) is 36.6 Å². The fourth-order valence-electron chi connectivity index (χ4n) is 1.83. The third-order valence-corrected chi connectivity index (χ3v) is 3.30. The average molecular weight is 285 g/mol. The van der Waals surface area contributed by atoms with E-state index in [0.717, 1.165) is 11.5 Å². The molecule has 0 radical (unpaired) electrons. The summed E-state index contributed by atoms with van der Waals surface area (Å²) in [5.74, 6) is 1.77. The molecule has 1 aromatic carbocycles. The normalized spacial score (nSPS) is 12.2. The zero-order valence-corrected chi connectivity index (χ0v) is 12.8. The van der Waals surface area contributed by atoms with Gasteiger partial charge >= 0.3 is 0 Å². The maximum atomic E-state index is 6.01. The third-order valence-electron chi connectivity index (χ3n) is 3.30. The van der Waals surface area contributed by atoms with Crippen LogP contribution < -0.4 is 16.4 Å². The zero-order chi connectivity index (χ0) is 15.2. The minimum absolute atomic E-state index is 0.0852. The molecule has 112 valence electrons. The molecule has 1 unspecified atom stereocenters. The molecule has 0 aliphatic heterocycles. The lowest BCUT2D eigenvalue weighted by atomic mass is 10.1. The summed E-state index contributed by atoms with van der Waals surface area (Å²) in [6.45, 7) is 6.92. The Kier molecular flexibility index (Phi) is 5.11. The van der Waals surface area contributed by atoms with E-state index in [9.17, 15) is 0 Å². The molecule has 0 bridgehead atoms. The molecule has 0 saturated heterocycles. The SMILES string of the molecule is Cc1cccc(Nc2ccnc(NCC(N)C(C)C)n2)c1. The van der Waals surface area contributed by atoms with E-state index in [1.165, 1.54) is 5.56 Å². The van der Waals surface area contributed by atoms with Crippen molar-refractivity contribution in [3.63, 3.8) is 0 Å². The Morgan fingerprint density at radius 3 is 2.76 bits per heavy atom. The smallest absolute Gasteiger partial charge is 0.224 e. The number of anilines is 3. The highest BCUT2D eigenvalue weighted by Gasteiger charge is 2.08. The van der Waals surface area contributed by atoms with Gasteiger partial charge in [-0.15, -0.1) is 0 Å². The summed E-state index contributed by atoms with van der Waals surface area (Å²) in [6.07, 6.45) is 1.73. The van der Waals surface area contributed by atoms with Crippen molar-refractivity contribution < 1.29 is 0 Å². The second-order valence-electron chi connectivity index (χ2n) is 5.55. The summed E-state index contributed by atoms with van der Waals surface area (Å²) in [4.78, 5) is 8.65. The first-order chi connectivity index (χ1) is 10.0. The van der Waals surface area contributed by atoms with Gasteiger partial charge in [0.25, 0.3) is 0 Å². The van der Waals surface area contributed by atoms with Crippen molar-refractivity contribution in [3.05, 3.63) is 42.1 Å². The first kappa shape index (κ1) is 15.3. The molecule has 21 heavy (non-hydrogen) atoms. The van der Waals surface area contributed by atoms with Crippen LogP contribution in [0.2, 0.25) is 0 Å². The lowest BCUT2D eigenvalue weighted by molar-refractivity contribution is 0.510. The van der Waals surface area contributed by atoms with Gasteiger partial charge in [0.2, 0.25) is 5.95 Å². The van der Waals surface area contributed by atoms with Crippen LogP contribution in [-0.4, -0.2) is 22.6 Å². The molecule has 0 aliphatic carbocycles. The van der Waals surface area contributed by atoms with Crippen molar-refractivity contribution in [1.82, 2.24) is 9.97 Å². The van der Waals surface area contributed by atoms with Gasteiger partial charge in [-0.1, -0.05) is 26.0 Å². The van der Waals surface area contributed by atoms with Gasteiger partial charge in [-0.3, -0.25) is 0 Å². The van der Waals surface area contributed by atoms with E-state index in [-0.39, 0.29) is 6.04 Å². The number of nitrogens with one attached hydrogen (secondary N) is 2. The van der Waals surface area contributed by atoms with Crippen molar-refractivity contribution in [2.24, 2.45) is 11.7 Å². The number of hydrogen-bond donors (Lipinski definition) is 3. The molecule has 1 heterocycles. The maximum Gasteiger partial charge on any atom is 0.224 e. The van der Waals surface area contributed by atoms with Gasteiger partial charge in [0.05, 0.1) is 0 Å². The minimum Gasteiger partial charge on any atom is -0.353 e. The number of nitrogens with two attached hydrogens (primary N) is 1. The number of benzene rings is 1. The highest BCUT2D eigenvalue weighted by atomic mass is 15.1. The van der Waals surface area contributed by atoms with E-state index in [2.05, 4.69) is 53.5 Å². The standard InChI is InChI=1S/C16H23N5/c1-11(2)14(17)10-19-16-18-8-7-15(21-16)20-13-6-4-5-12(3)9-13/h4-9,11,14H,10,17H2,1-3H3,(H2,18,19,20,21). The van der Waals surface area contributed by atoms with Gasteiger partial charge in [0.15, 0.2) is 0 Å². The number of nitrogens with zero attached hydrogens (tertiary/aromatic N) is 2. The molecule has 5 heteroatoms. The fraction of sp³-hybridized carbons (Fsp3) is 0.375. The summed E-state index contributed by atoms with van der Waals surface area (Å²) < 4.78 is 0. The third kappa shape index (κ3) is 4.72. The zero-order valence-electron chi connectivity index (χ0n) is 12.8. The van der Waals surface area contributed by atoms with Crippen LogP contribution in [0.25, 0.3) is 0 Å². The Hall–Kier alpha value is -2.14. The Bertz CT molecular complexity index is 582. The van der Waals surface area contributed by atoms with Gasteiger partial charge in [-0.2, -0.15) is 4.98 Å². The van der Waals surface area contributed by atoms with Crippen molar-refractivity contribution in [2.75, 3.05) is 17.2 Å². The monoisotopic (exact) mass is 285 g/mol. The van der Waals surface area contributed by atoms with E-state index < -0.39 is 0 Å². The fourth-order valence-corrected chi connectivity index (χ4v) is 1.83. The van der Waals surface area contributed by atoms with Gasteiger partial charge < -0.3 is 16.4 Å². The molecule has 5 nitrogen and oxygen atoms in total. The van der Waals surface area contributed by atoms with E-state index in [4.69, 9.17) is 5.73 Å². The van der Waals surface area contributed by atoms with Crippen LogP contribution >= 0.6 is 0 Å². The number of rotatable bonds is 6. The number of aromatic nitrogens is 2. The van der Waals surface area contributed by atoms with Crippen molar-refractivity contribution >= 4 is 17.5 Å². The van der Waals surface area contributed by atoms with E-state index in [1.807, 2.05) is 18.2 Å². The predicted octanol–water partition coefficient (Wildman–Crippen LogP) is 2.92. The molecule has 4 N–H and O–H groups in total. The van der Waals surface area contributed by atoms with Crippen LogP contribution in [0.4, 0.5) is 17.5 Å². The maximum absolute atomic E-state index is 6.01. The molecule has 2 aromatic rings. The number of aryl methyl sites for hydroxylation is 1. The number of hydrogen-bond acceptors (Lipinski definition) is 5. The molecule has 2 rings (SSSR count). The Labute approximate surface area is 126 Å². The highest BCUT2D eigenvalue weighted by Crippen LogP contribution is 2.16. The average Bonchev–Trinajstić information content (AvgIpc) is 2.45. The largest absolute Gasteiger partial charge is 0.353 e. The van der Waals surface area contributed by atoms with Crippen LogP contribution in [0.5, 0.6) is 0 Å². The van der Waals surface area contributed by atoms with Crippen LogP contribution in [0.1, 0.15) is 19.4 Å². The van der Waals surface area contributed by atoms with Gasteiger partial charge in [0, 0.05) is 24.5 Å². The highest BCUT2D eigenvalue weighted by molar-refractivity contribution is 5.57. The lowest BCUT2D eigenvalue weighted by Crippen LogP contribution is -2.34. The Balaban J connectivity index is 2.00. The second kappa shape index (κ2) is 7.04. The van der Waals surface area contributed by atoms with Crippen LogP contribution in [0.15, 0.2) is 36.5 Å². The molecular weight excluding hydrogens is 262 g/mol. The summed E-state index contributed by atoms with van der Waals surface area (Å²) >= 11 is 0.